The summed E-state index contributed by atoms with van der Waals surface area (Å²) in [6.45, 7) is 5.17. The molecule has 0 bridgehead atoms. The summed E-state index contributed by atoms with van der Waals surface area (Å²) in [7, 11) is 0. The van der Waals surface area contributed by atoms with Gasteiger partial charge in [-0.1, -0.05) is 6.92 Å². The Balaban J connectivity index is 3.50. The van der Waals surface area contributed by atoms with Crippen molar-refractivity contribution in [2.75, 3.05) is 79.0 Å². The Hall–Kier alpha value is -3.34. The highest BCUT2D eigenvalue weighted by Gasteiger charge is 2.19. The minimum atomic E-state index is -1.21. The van der Waals surface area contributed by atoms with E-state index in [1.165, 1.54) is 6.92 Å². The van der Waals surface area contributed by atoms with Gasteiger partial charge in [-0.15, -0.1) is 0 Å². The highest BCUT2D eigenvalue weighted by atomic mass is 16.5. The summed E-state index contributed by atoms with van der Waals surface area (Å²) in [6, 6.07) is -1.12. The molecular weight excluding hydrogens is 534 g/mol. The van der Waals surface area contributed by atoms with Crippen LogP contribution in [-0.2, 0) is 47.7 Å². The molecule has 0 aromatic carbocycles. The summed E-state index contributed by atoms with van der Waals surface area (Å²) in [5.74, 6) is -2.75. The maximum absolute atomic E-state index is 11.7. The Labute approximate surface area is 233 Å². The first-order chi connectivity index (χ1) is 19.1. The molecule has 0 saturated carbocycles. The standard InChI is InChI=1S/C24H43N5O11/c1-3-20(31)25-6-7-26-22(33)16-39-14-13-38-11-9-28-23(34)17-40-15-12-37-10-8-27-21(32)5-4-19(24(35)36)29-18(2)30/h19H,3-17H2,1-2H3,(H,25,31)(H,26,33)(H,27,32)(H,28,34)(H,29,30)(H,35,36)/t19-/m0/s1. The fourth-order valence-electron chi connectivity index (χ4n) is 2.79. The Morgan fingerprint density at radius 2 is 1.07 bits per heavy atom. The predicted molar refractivity (Wildman–Crippen MR) is 140 cm³/mol. The summed E-state index contributed by atoms with van der Waals surface area (Å²) in [5.41, 5.74) is 0. The highest BCUT2D eigenvalue weighted by Crippen LogP contribution is 1.98. The van der Waals surface area contributed by atoms with E-state index in [-0.39, 0.29) is 102 Å². The molecule has 0 heterocycles. The molecule has 230 valence electrons. The van der Waals surface area contributed by atoms with Crippen LogP contribution in [0, 0.1) is 0 Å². The van der Waals surface area contributed by atoms with Crippen LogP contribution < -0.4 is 26.6 Å². The van der Waals surface area contributed by atoms with Crippen molar-refractivity contribution in [1.82, 2.24) is 26.6 Å². The molecule has 0 radical (unpaired) electrons. The quantitative estimate of drug-likeness (QED) is 0.0613. The van der Waals surface area contributed by atoms with Crippen LogP contribution in [0.15, 0.2) is 0 Å². The van der Waals surface area contributed by atoms with Crippen LogP contribution in [0.4, 0.5) is 0 Å². The number of hydrogen-bond donors (Lipinski definition) is 6. The second-order valence-corrected chi connectivity index (χ2v) is 8.21. The third kappa shape index (κ3) is 23.8. The van der Waals surface area contributed by atoms with Crippen LogP contribution in [0.3, 0.4) is 0 Å². The number of rotatable bonds is 25. The molecule has 0 unspecified atom stereocenters. The molecule has 5 amide bonds. The summed E-state index contributed by atoms with van der Waals surface area (Å²) >= 11 is 0. The molecule has 0 aliphatic carbocycles. The van der Waals surface area contributed by atoms with Gasteiger partial charge in [0, 0.05) is 45.9 Å². The van der Waals surface area contributed by atoms with Crippen molar-refractivity contribution in [3.05, 3.63) is 0 Å². The van der Waals surface area contributed by atoms with Gasteiger partial charge >= 0.3 is 5.97 Å². The number of carboxylic acid groups (broad SMARTS) is 1. The maximum Gasteiger partial charge on any atom is 0.326 e. The van der Waals surface area contributed by atoms with Crippen LogP contribution in [-0.4, -0.2) is 126 Å². The van der Waals surface area contributed by atoms with Gasteiger partial charge in [0.05, 0.1) is 39.6 Å². The van der Waals surface area contributed by atoms with Gasteiger partial charge in [0.15, 0.2) is 0 Å². The number of carbonyl (C=O) groups excluding carboxylic acids is 5. The van der Waals surface area contributed by atoms with Crippen LogP contribution in [0.2, 0.25) is 0 Å². The van der Waals surface area contributed by atoms with Gasteiger partial charge < -0.3 is 50.6 Å². The van der Waals surface area contributed by atoms with E-state index in [0.29, 0.717) is 19.5 Å². The fourth-order valence-corrected chi connectivity index (χ4v) is 2.79. The zero-order valence-corrected chi connectivity index (χ0v) is 23.2. The van der Waals surface area contributed by atoms with Gasteiger partial charge in [0.2, 0.25) is 29.5 Å². The number of nitrogens with one attached hydrogen (secondary N) is 5. The molecule has 0 spiro atoms. The van der Waals surface area contributed by atoms with Crippen molar-refractivity contribution in [2.24, 2.45) is 0 Å². The Kier molecular flexibility index (Phi) is 22.6. The number of hydrogen-bond acceptors (Lipinski definition) is 10. The van der Waals surface area contributed by atoms with Crippen molar-refractivity contribution >= 4 is 35.5 Å². The lowest BCUT2D eigenvalue weighted by Gasteiger charge is -2.13. The van der Waals surface area contributed by atoms with E-state index >= 15 is 0 Å². The fraction of sp³-hybridized carbons (Fsp3) is 0.750. The minimum absolute atomic E-state index is 0.0258. The lowest BCUT2D eigenvalue weighted by molar-refractivity contribution is -0.142. The third-order valence-corrected chi connectivity index (χ3v) is 4.77. The maximum atomic E-state index is 11.7. The van der Waals surface area contributed by atoms with Crippen molar-refractivity contribution < 1.29 is 52.8 Å². The lowest BCUT2D eigenvalue weighted by Crippen LogP contribution is -2.40. The number of amides is 5. The molecule has 1 atom stereocenters. The Morgan fingerprint density at radius 1 is 0.625 bits per heavy atom. The monoisotopic (exact) mass is 577 g/mol. The van der Waals surface area contributed by atoms with Gasteiger partial charge in [-0.05, 0) is 6.42 Å². The molecule has 40 heavy (non-hydrogen) atoms. The second kappa shape index (κ2) is 24.7. The first-order valence-electron chi connectivity index (χ1n) is 13.0. The van der Waals surface area contributed by atoms with Crippen molar-refractivity contribution in [1.29, 1.82) is 0 Å². The summed E-state index contributed by atoms with van der Waals surface area (Å²) in [5, 5.41) is 21.7. The molecule has 0 aromatic heterocycles. The molecule has 16 nitrogen and oxygen atoms in total. The van der Waals surface area contributed by atoms with E-state index in [2.05, 4.69) is 26.6 Å². The number of ether oxygens (including phenoxy) is 4. The van der Waals surface area contributed by atoms with Gasteiger partial charge in [-0.25, -0.2) is 4.79 Å². The lowest BCUT2D eigenvalue weighted by atomic mass is 10.1. The largest absolute Gasteiger partial charge is 0.480 e. The molecule has 6 N–H and O–H groups in total. The predicted octanol–water partition coefficient (Wildman–Crippen LogP) is -2.70. The number of carboxylic acids is 1. The van der Waals surface area contributed by atoms with Crippen LogP contribution in [0.25, 0.3) is 0 Å². The number of carbonyl (C=O) groups is 6. The molecule has 0 aliphatic rings. The minimum Gasteiger partial charge on any atom is -0.480 e. The van der Waals surface area contributed by atoms with Gasteiger partial charge in [-0.3, -0.25) is 24.0 Å². The highest BCUT2D eigenvalue weighted by molar-refractivity contribution is 5.83. The average Bonchev–Trinajstić information content (AvgIpc) is 2.91. The van der Waals surface area contributed by atoms with E-state index in [1.54, 1.807) is 6.92 Å². The third-order valence-electron chi connectivity index (χ3n) is 4.77. The topological polar surface area (TPSA) is 220 Å². The van der Waals surface area contributed by atoms with Crippen molar-refractivity contribution in [3.8, 4) is 0 Å². The summed E-state index contributed by atoms with van der Waals surface area (Å²) in [6.07, 6.45) is 0.307. The molecule has 0 aliphatic heterocycles. The zero-order valence-electron chi connectivity index (χ0n) is 23.2. The van der Waals surface area contributed by atoms with E-state index in [4.69, 9.17) is 24.1 Å². The van der Waals surface area contributed by atoms with Gasteiger partial charge in [-0.2, -0.15) is 0 Å². The van der Waals surface area contributed by atoms with E-state index in [9.17, 15) is 28.8 Å². The first kappa shape index (κ1) is 36.7. The molecule has 0 saturated heterocycles. The number of aliphatic carboxylic acids is 1. The van der Waals surface area contributed by atoms with Gasteiger partial charge in [0.1, 0.15) is 19.3 Å². The normalized spacial score (nSPS) is 11.2. The van der Waals surface area contributed by atoms with E-state index in [1.807, 2.05) is 0 Å². The van der Waals surface area contributed by atoms with E-state index in [0.717, 1.165) is 0 Å². The molecule has 0 aromatic rings. The zero-order chi connectivity index (χ0) is 30.0. The summed E-state index contributed by atoms with van der Waals surface area (Å²) in [4.78, 5) is 68.1. The first-order valence-corrected chi connectivity index (χ1v) is 13.0. The molecule has 0 fully saturated rings. The Bertz CT molecular complexity index is 782. The van der Waals surface area contributed by atoms with Crippen molar-refractivity contribution in [3.63, 3.8) is 0 Å². The molecule has 16 heteroatoms. The van der Waals surface area contributed by atoms with E-state index < -0.39 is 17.9 Å². The van der Waals surface area contributed by atoms with Crippen LogP contribution >= 0.6 is 0 Å². The smallest absolute Gasteiger partial charge is 0.326 e. The van der Waals surface area contributed by atoms with Crippen LogP contribution in [0.5, 0.6) is 0 Å². The second-order valence-electron chi connectivity index (χ2n) is 8.21. The van der Waals surface area contributed by atoms with Crippen molar-refractivity contribution in [2.45, 2.75) is 39.2 Å². The Morgan fingerprint density at radius 3 is 1.55 bits per heavy atom. The molecule has 0 rings (SSSR count). The van der Waals surface area contributed by atoms with Gasteiger partial charge in [0.25, 0.3) is 0 Å². The van der Waals surface area contributed by atoms with Crippen LogP contribution in [0.1, 0.15) is 33.1 Å². The average molecular weight is 578 g/mol. The SMILES string of the molecule is CCC(=O)NCCNC(=O)COCCOCCNC(=O)COCCOCCNC(=O)CC[C@H](NC(C)=O)C(=O)O. The summed E-state index contributed by atoms with van der Waals surface area (Å²) < 4.78 is 21.0. The molecular formula is C24H43N5O11.